The molecule has 0 radical (unpaired) electrons. The molecule has 0 spiro atoms. The van der Waals surface area contributed by atoms with E-state index in [9.17, 15) is 4.79 Å². The summed E-state index contributed by atoms with van der Waals surface area (Å²) < 4.78 is 18.3. The van der Waals surface area contributed by atoms with Crippen LogP contribution in [-0.4, -0.2) is 26.2 Å². The van der Waals surface area contributed by atoms with Crippen molar-refractivity contribution in [3.8, 4) is 17.2 Å². The molecule has 0 saturated carbocycles. The van der Waals surface area contributed by atoms with Gasteiger partial charge >= 0.3 is 0 Å². The van der Waals surface area contributed by atoms with Crippen LogP contribution >= 0.6 is 31.9 Å². The van der Waals surface area contributed by atoms with Gasteiger partial charge in [0.25, 0.3) is 5.91 Å². The molecule has 0 bridgehead atoms. The maximum absolute atomic E-state index is 12.8. The fourth-order valence-corrected chi connectivity index (χ4v) is 3.83. The van der Waals surface area contributed by atoms with Crippen molar-refractivity contribution in [1.29, 1.82) is 0 Å². The van der Waals surface area contributed by atoms with E-state index in [1.807, 2.05) is 25.1 Å². The van der Waals surface area contributed by atoms with Gasteiger partial charge in [-0.25, -0.2) is 0 Å². The van der Waals surface area contributed by atoms with E-state index in [0.29, 0.717) is 41.2 Å². The minimum atomic E-state index is -0.176. The van der Waals surface area contributed by atoms with Crippen molar-refractivity contribution < 1.29 is 19.0 Å². The summed E-state index contributed by atoms with van der Waals surface area (Å²) in [6.07, 6.45) is 0.713. The molecule has 138 valence electrons. The number of ether oxygens (including phenoxy) is 3. The standard InChI is InChI=1S/C19H19Br2NO4/c1-3-25-18-14(21)8-11(9-17(18)24-2)19(23)22-15-6-7-26-16-5-4-12(20)10-13(15)16/h4-5,8-10,15H,3,6-7H2,1-2H3,(H,22,23). The van der Waals surface area contributed by atoms with Gasteiger partial charge in [-0.3, -0.25) is 4.79 Å². The van der Waals surface area contributed by atoms with Gasteiger partial charge in [-0.15, -0.1) is 0 Å². The van der Waals surface area contributed by atoms with Crippen molar-refractivity contribution in [3.63, 3.8) is 0 Å². The van der Waals surface area contributed by atoms with Gasteiger partial charge in [-0.05, 0) is 53.2 Å². The zero-order valence-electron chi connectivity index (χ0n) is 14.5. The van der Waals surface area contributed by atoms with Crippen LogP contribution in [0.5, 0.6) is 17.2 Å². The molecule has 0 saturated heterocycles. The van der Waals surface area contributed by atoms with Crippen molar-refractivity contribution >= 4 is 37.8 Å². The Kier molecular flexibility index (Phi) is 6.09. The summed E-state index contributed by atoms with van der Waals surface area (Å²) in [5.74, 6) is 1.73. The lowest BCUT2D eigenvalue weighted by Gasteiger charge is -2.27. The van der Waals surface area contributed by atoms with E-state index in [-0.39, 0.29) is 11.9 Å². The molecule has 0 aliphatic carbocycles. The van der Waals surface area contributed by atoms with Crippen LogP contribution in [0.15, 0.2) is 39.3 Å². The van der Waals surface area contributed by atoms with E-state index < -0.39 is 0 Å². The summed E-state index contributed by atoms with van der Waals surface area (Å²) in [5.41, 5.74) is 1.47. The maximum atomic E-state index is 12.8. The molecule has 26 heavy (non-hydrogen) atoms. The Hall–Kier alpha value is -1.73. The molecule has 1 N–H and O–H groups in total. The number of methoxy groups -OCH3 is 1. The van der Waals surface area contributed by atoms with Gasteiger partial charge in [0.05, 0.1) is 30.8 Å². The maximum Gasteiger partial charge on any atom is 0.251 e. The first-order valence-electron chi connectivity index (χ1n) is 8.27. The van der Waals surface area contributed by atoms with Gasteiger partial charge in [0.15, 0.2) is 11.5 Å². The van der Waals surface area contributed by atoms with Crippen molar-refractivity contribution in [2.24, 2.45) is 0 Å². The molecule has 1 aliphatic rings. The van der Waals surface area contributed by atoms with Crippen molar-refractivity contribution in [1.82, 2.24) is 5.32 Å². The first-order valence-corrected chi connectivity index (χ1v) is 9.85. The third kappa shape index (κ3) is 3.99. The molecule has 1 amide bonds. The number of fused-ring (bicyclic) bond motifs is 1. The number of carbonyl (C=O) groups excluding carboxylic acids is 1. The van der Waals surface area contributed by atoms with Crippen LogP contribution in [0.2, 0.25) is 0 Å². The zero-order valence-corrected chi connectivity index (χ0v) is 17.6. The first-order chi connectivity index (χ1) is 12.5. The van der Waals surface area contributed by atoms with Crippen LogP contribution in [0.4, 0.5) is 0 Å². The molecular formula is C19H19Br2NO4. The summed E-state index contributed by atoms with van der Waals surface area (Å²) in [5, 5.41) is 3.09. The quantitative estimate of drug-likeness (QED) is 0.657. The lowest BCUT2D eigenvalue weighted by molar-refractivity contribution is 0.0924. The third-order valence-corrected chi connectivity index (χ3v) is 5.18. The Morgan fingerprint density at radius 1 is 1.31 bits per heavy atom. The van der Waals surface area contributed by atoms with Crippen LogP contribution in [0.25, 0.3) is 0 Å². The topological polar surface area (TPSA) is 56.8 Å². The molecule has 1 heterocycles. The monoisotopic (exact) mass is 483 g/mol. The van der Waals surface area contributed by atoms with Gasteiger partial charge in [0.2, 0.25) is 0 Å². The zero-order chi connectivity index (χ0) is 18.7. The number of rotatable bonds is 5. The molecule has 5 nitrogen and oxygen atoms in total. The number of carbonyl (C=O) groups is 1. The van der Waals surface area contributed by atoms with E-state index in [2.05, 4.69) is 37.2 Å². The van der Waals surface area contributed by atoms with Crippen molar-refractivity contribution in [3.05, 3.63) is 50.4 Å². The SMILES string of the molecule is CCOc1c(Br)cc(C(=O)NC2CCOc3ccc(Br)cc32)cc1OC. The highest BCUT2D eigenvalue weighted by Gasteiger charge is 2.24. The van der Waals surface area contributed by atoms with E-state index >= 15 is 0 Å². The molecule has 3 rings (SSSR count). The summed E-state index contributed by atoms with van der Waals surface area (Å²) in [7, 11) is 1.55. The van der Waals surface area contributed by atoms with Crippen molar-refractivity contribution in [2.45, 2.75) is 19.4 Å². The number of hydrogen-bond donors (Lipinski definition) is 1. The molecular weight excluding hydrogens is 466 g/mol. The number of nitrogens with one attached hydrogen (secondary N) is 1. The van der Waals surface area contributed by atoms with Crippen LogP contribution in [-0.2, 0) is 0 Å². The number of halogens is 2. The van der Waals surface area contributed by atoms with Crippen LogP contribution in [0.1, 0.15) is 35.3 Å². The van der Waals surface area contributed by atoms with E-state index in [4.69, 9.17) is 14.2 Å². The number of benzene rings is 2. The predicted molar refractivity (Wildman–Crippen MR) is 106 cm³/mol. The Morgan fingerprint density at radius 2 is 2.12 bits per heavy atom. The molecule has 0 fully saturated rings. The fourth-order valence-electron chi connectivity index (χ4n) is 2.89. The first kappa shape index (κ1) is 19.0. The minimum absolute atomic E-state index is 0.111. The Bertz CT molecular complexity index is 825. The average Bonchev–Trinajstić information content (AvgIpc) is 2.63. The molecule has 2 aromatic carbocycles. The van der Waals surface area contributed by atoms with Crippen LogP contribution in [0.3, 0.4) is 0 Å². The number of amides is 1. The summed E-state index contributed by atoms with van der Waals surface area (Å²) >= 11 is 6.93. The Balaban J connectivity index is 1.85. The molecule has 2 aromatic rings. The highest BCUT2D eigenvalue weighted by Crippen LogP contribution is 2.38. The second-order valence-electron chi connectivity index (χ2n) is 5.77. The van der Waals surface area contributed by atoms with E-state index in [1.165, 1.54) is 0 Å². The normalized spacial score (nSPS) is 15.6. The lowest BCUT2D eigenvalue weighted by atomic mass is 10.00. The Morgan fingerprint density at radius 3 is 2.85 bits per heavy atom. The smallest absolute Gasteiger partial charge is 0.251 e. The largest absolute Gasteiger partial charge is 0.493 e. The summed E-state index contributed by atoms with van der Waals surface area (Å²) in [6, 6.07) is 9.14. The van der Waals surface area contributed by atoms with Gasteiger partial charge < -0.3 is 19.5 Å². The molecule has 1 aliphatic heterocycles. The minimum Gasteiger partial charge on any atom is -0.493 e. The lowest BCUT2D eigenvalue weighted by Crippen LogP contribution is -2.32. The van der Waals surface area contributed by atoms with Gasteiger partial charge in [0.1, 0.15) is 5.75 Å². The molecule has 1 unspecified atom stereocenters. The van der Waals surface area contributed by atoms with Gasteiger partial charge in [-0.1, -0.05) is 15.9 Å². The summed E-state index contributed by atoms with van der Waals surface area (Å²) in [4.78, 5) is 12.8. The van der Waals surface area contributed by atoms with Gasteiger partial charge in [0, 0.05) is 22.0 Å². The van der Waals surface area contributed by atoms with Crippen LogP contribution < -0.4 is 19.5 Å². The van der Waals surface area contributed by atoms with Crippen molar-refractivity contribution in [2.75, 3.05) is 20.3 Å². The number of hydrogen-bond acceptors (Lipinski definition) is 4. The molecule has 0 aromatic heterocycles. The predicted octanol–water partition coefficient (Wildman–Crippen LogP) is 4.87. The van der Waals surface area contributed by atoms with Gasteiger partial charge in [-0.2, -0.15) is 0 Å². The highest BCUT2D eigenvalue weighted by molar-refractivity contribution is 9.10. The second-order valence-corrected chi connectivity index (χ2v) is 7.54. The highest BCUT2D eigenvalue weighted by atomic mass is 79.9. The summed E-state index contributed by atoms with van der Waals surface area (Å²) in [6.45, 7) is 2.97. The third-order valence-electron chi connectivity index (χ3n) is 4.10. The van der Waals surface area contributed by atoms with E-state index in [0.717, 1.165) is 15.8 Å². The Labute approximate surface area is 169 Å². The molecule has 1 atom stereocenters. The van der Waals surface area contributed by atoms with Crippen LogP contribution in [0, 0.1) is 0 Å². The second kappa shape index (κ2) is 8.31. The molecule has 7 heteroatoms. The average molecular weight is 485 g/mol. The fraction of sp³-hybridized carbons (Fsp3) is 0.316. The van der Waals surface area contributed by atoms with E-state index in [1.54, 1.807) is 19.2 Å².